The zero-order valence-electron chi connectivity index (χ0n) is 11.6. The van der Waals surface area contributed by atoms with Crippen molar-refractivity contribution >= 4 is 34.9 Å². The standard InChI is InChI=1S/C15H11ClF2N2O3/c16-8-1-3-10(12(19)5-8)15(22)23-7-14(21)20-13-4-2-9(17)6-11(13)18/h1-6H,7,19H2,(H,20,21). The lowest BCUT2D eigenvalue weighted by atomic mass is 10.2. The summed E-state index contributed by atoms with van der Waals surface area (Å²) in [6.07, 6.45) is 0. The van der Waals surface area contributed by atoms with Crippen LogP contribution in [0.25, 0.3) is 0 Å². The molecule has 0 fully saturated rings. The summed E-state index contributed by atoms with van der Waals surface area (Å²) in [4.78, 5) is 23.4. The molecule has 0 aliphatic heterocycles. The first-order valence-electron chi connectivity index (χ1n) is 6.34. The Hall–Kier alpha value is -2.67. The van der Waals surface area contributed by atoms with Crippen LogP contribution in [0.3, 0.4) is 0 Å². The van der Waals surface area contributed by atoms with Crippen molar-refractivity contribution in [3.05, 3.63) is 58.6 Å². The molecule has 0 spiro atoms. The molecule has 0 heterocycles. The molecule has 8 heteroatoms. The van der Waals surface area contributed by atoms with E-state index >= 15 is 0 Å². The summed E-state index contributed by atoms with van der Waals surface area (Å²) in [6.45, 7) is -0.655. The van der Waals surface area contributed by atoms with Gasteiger partial charge in [0.05, 0.1) is 11.3 Å². The largest absolute Gasteiger partial charge is 0.452 e. The number of rotatable bonds is 4. The Morgan fingerprint density at radius 3 is 2.57 bits per heavy atom. The molecule has 1 amide bonds. The molecular weight excluding hydrogens is 330 g/mol. The van der Waals surface area contributed by atoms with Crippen LogP contribution in [0, 0.1) is 11.6 Å². The van der Waals surface area contributed by atoms with E-state index < -0.39 is 30.1 Å². The van der Waals surface area contributed by atoms with Crippen molar-refractivity contribution in [3.8, 4) is 0 Å². The SMILES string of the molecule is Nc1cc(Cl)ccc1C(=O)OCC(=O)Nc1ccc(F)cc1F. The summed E-state index contributed by atoms with van der Waals surface area (Å²) in [5, 5.41) is 2.51. The summed E-state index contributed by atoms with van der Waals surface area (Å²) in [5.74, 6) is -3.32. The molecule has 0 bridgehead atoms. The molecule has 2 rings (SSSR count). The van der Waals surface area contributed by atoms with Gasteiger partial charge in [-0.1, -0.05) is 11.6 Å². The van der Waals surface area contributed by atoms with Crippen LogP contribution < -0.4 is 11.1 Å². The number of nitrogens with two attached hydrogens (primary N) is 1. The topological polar surface area (TPSA) is 81.4 Å². The molecule has 0 saturated carbocycles. The molecule has 3 N–H and O–H groups in total. The number of carbonyl (C=O) groups is 2. The lowest BCUT2D eigenvalue weighted by Gasteiger charge is -2.08. The maximum absolute atomic E-state index is 13.4. The van der Waals surface area contributed by atoms with E-state index in [0.29, 0.717) is 11.1 Å². The van der Waals surface area contributed by atoms with Crippen LogP contribution in [-0.2, 0) is 9.53 Å². The molecule has 5 nitrogen and oxygen atoms in total. The highest BCUT2D eigenvalue weighted by atomic mass is 35.5. The van der Waals surface area contributed by atoms with E-state index in [9.17, 15) is 18.4 Å². The van der Waals surface area contributed by atoms with Crippen LogP contribution in [-0.4, -0.2) is 18.5 Å². The minimum absolute atomic E-state index is 0.0511. The molecule has 120 valence electrons. The van der Waals surface area contributed by atoms with Crippen molar-refractivity contribution in [1.82, 2.24) is 0 Å². The van der Waals surface area contributed by atoms with Crippen molar-refractivity contribution < 1.29 is 23.1 Å². The Bertz CT molecular complexity index is 768. The molecule has 0 aliphatic rings. The zero-order valence-corrected chi connectivity index (χ0v) is 12.4. The van der Waals surface area contributed by atoms with Crippen molar-refractivity contribution in [2.24, 2.45) is 0 Å². The van der Waals surface area contributed by atoms with Gasteiger partial charge >= 0.3 is 5.97 Å². The number of anilines is 2. The molecule has 0 saturated heterocycles. The van der Waals surface area contributed by atoms with Gasteiger partial charge in [0.2, 0.25) is 0 Å². The van der Waals surface area contributed by atoms with Crippen LogP contribution in [0.15, 0.2) is 36.4 Å². The lowest BCUT2D eigenvalue weighted by Crippen LogP contribution is -2.21. The second kappa shape index (κ2) is 7.06. The van der Waals surface area contributed by atoms with E-state index in [-0.39, 0.29) is 16.9 Å². The highest BCUT2D eigenvalue weighted by Gasteiger charge is 2.14. The van der Waals surface area contributed by atoms with E-state index in [0.717, 1.165) is 12.1 Å². The second-order valence-electron chi connectivity index (χ2n) is 4.48. The first-order valence-corrected chi connectivity index (χ1v) is 6.71. The highest BCUT2D eigenvalue weighted by Crippen LogP contribution is 2.19. The van der Waals surface area contributed by atoms with Gasteiger partial charge in [-0.25, -0.2) is 13.6 Å². The maximum Gasteiger partial charge on any atom is 0.340 e. The minimum atomic E-state index is -0.938. The van der Waals surface area contributed by atoms with Gasteiger partial charge in [-0.15, -0.1) is 0 Å². The number of nitrogens with one attached hydrogen (secondary N) is 1. The number of hydrogen-bond donors (Lipinski definition) is 2. The minimum Gasteiger partial charge on any atom is -0.452 e. The summed E-state index contributed by atoms with van der Waals surface area (Å²) >= 11 is 5.71. The van der Waals surface area contributed by atoms with Gasteiger partial charge in [0.15, 0.2) is 6.61 Å². The summed E-state index contributed by atoms with van der Waals surface area (Å²) < 4.78 is 30.9. The normalized spacial score (nSPS) is 10.2. The first kappa shape index (κ1) is 16.7. The van der Waals surface area contributed by atoms with Gasteiger partial charge in [-0.05, 0) is 30.3 Å². The number of halogens is 3. The first-order chi connectivity index (χ1) is 10.9. The van der Waals surface area contributed by atoms with E-state index in [4.69, 9.17) is 22.1 Å². The third kappa shape index (κ3) is 4.40. The van der Waals surface area contributed by atoms with Crippen molar-refractivity contribution in [1.29, 1.82) is 0 Å². The Kier molecular flexibility index (Phi) is 5.13. The summed E-state index contributed by atoms with van der Waals surface area (Å²) in [5.41, 5.74) is 5.55. The molecule has 0 aromatic heterocycles. The average molecular weight is 341 g/mol. The van der Waals surface area contributed by atoms with Crippen molar-refractivity contribution in [3.63, 3.8) is 0 Å². The van der Waals surface area contributed by atoms with E-state index in [1.807, 2.05) is 0 Å². The molecule has 0 aliphatic carbocycles. The molecule has 0 radical (unpaired) electrons. The summed E-state index contributed by atoms with van der Waals surface area (Å²) in [6, 6.07) is 6.84. The third-order valence-corrected chi connectivity index (χ3v) is 3.01. The number of esters is 1. The van der Waals surface area contributed by atoms with Crippen LogP contribution in [0.2, 0.25) is 5.02 Å². The van der Waals surface area contributed by atoms with Crippen LogP contribution in [0.1, 0.15) is 10.4 Å². The number of carbonyl (C=O) groups excluding carboxylic acids is 2. The fourth-order valence-electron chi connectivity index (χ4n) is 1.71. The Balaban J connectivity index is 1.94. The quantitative estimate of drug-likeness (QED) is 0.662. The predicted molar refractivity (Wildman–Crippen MR) is 81.1 cm³/mol. The van der Waals surface area contributed by atoms with E-state index in [1.165, 1.54) is 18.2 Å². The van der Waals surface area contributed by atoms with Gasteiger partial charge in [0.25, 0.3) is 5.91 Å². The molecule has 2 aromatic carbocycles. The molecule has 0 atom stereocenters. The van der Waals surface area contributed by atoms with Gasteiger partial charge in [0, 0.05) is 16.8 Å². The Labute approximate surface area is 135 Å². The second-order valence-corrected chi connectivity index (χ2v) is 4.92. The number of ether oxygens (including phenoxy) is 1. The van der Waals surface area contributed by atoms with Gasteiger partial charge < -0.3 is 15.8 Å². The fraction of sp³-hybridized carbons (Fsp3) is 0.0667. The predicted octanol–water partition coefficient (Wildman–Crippen LogP) is 3.00. The van der Waals surface area contributed by atoms with Crippen molar-refractivity contribution in [2.45, 2.75) is 0 Å². The molecular formula is C15H11ClF2N2O3. The number of benzene rings is 2. The number of nitrogen functional groups attached to an aromatic ring is 1. The monoisotopic (exact) mass is 340 g/mol. The molecule has 2 aromatic rings. The van der Waals surface area contributed by atoms with Crippen LogP contribution >= 0.6 is 11.6 Å². The molecule has 0 unspecified atom stereocenters. The maximum atomic E-state index is 13.4. The summed E-state index contributed by atoms with van der Waals surface area (Å²) in [7, 11) is 0. The number of hydrogen-bond acceptors (Lipinski definition) is 4. The van der Waals surface area contributed by atoms with Crippen LogP contribution in [0.4, 0.5) is 20.2 Å². The van der Waals surface area contributed by atoms with Crippen molar-refractivity contribution in [2.75, 3.05) is 17.7 Å². The number of amides is 1. The fourth-order valence-corrected chi connectivity index (χ4v) is 1.89. The van der Waals surface area contributed by atoms with Gasteiger partial charge in [-0.3, -0.25) is 4.79 Å². The molecule has 23 heavy (non-hydrogen) atoms. The Morgan fingerprint density at radius 1 is 1.17 bits per heavy atom. The average Bonchev–Trinajstić information content (AvgIpc) is 2.48. The lowest BCUT2D eigenvalue weighted by molar-refractivity contribution is -0.119. The van der Waals surface area contributed by atoms with Gasteiger partial charge in [-0.2, -0.15) is 0 Å². The Morgan fingerprint density at radius 2 is 1.91 bits per heavy atom. The van der Waals surface area contributed by atoms with Crippen LogP contribution in [0.5, 0.6) is 0 Å². The smallest absolute Gasteiger partial charge is 0.340 e. The zero-order chi connectivity index (χ0) is 17.0. The van der Waals surface area contributed by atoms with E-state index in [2.05, 4.69) is 5.32 Å². The van der Waals surface area contributed by atoms with E-state index in [1.54, 1.807) is 0 Å². The van der Waals surface area contributed by atoms with Gasteiger partial charge in [0.1, 0.15) is 11.6 Å². The highest BCUT2D eigenvalue weighted by molar-refractivity contribution is 6.31. The third-order valence-electron chi connectivity index (χ3n) is 2.77.